The maximum absolute atomic E-state index is 11.7. The van der Waals surface area contributed by atoms with Crippen LogP contribution in [0.15, 0.2) is 6.07 Å². The zero-order valence-corrected chi connectivity index (χ0v) is 10.7. The quantitative estimate of drug-likeness (QED) is 0.741. The highest BCUT2D eigenvalue weighted by molar-refractivity contribution is 7.14. The summed E-state index contributed by atoms with van der Waals surface area (Å²) in [5.74, 6) is -3.21. The van der Waals surface area contributed by atoms with Gasteiger partial charge in [-0.25, -0.2) is 4.79 Å². The maximum atomic E-state index is 11.7. The second-order valence-corrected chi connectivity index (χ2v) is 5.07. The van der Waals surface area contributed by atoms with Crippen LogP contribution in [0.3, 0.4) is 0 Å². The summed E-state index contributed by atoms with van der Waals surface area (Å²) in [7, 11) is 0. The lowest BCUT2D eigenvalue weighted by molar-refractivity contribution is -0.145. The molecule has 3 N–H and O–H groups in total. The van der Waals surface area contributed by atoms with Crippen LogP contribution in [0.1, 0.15) is 26.5 Å². The molecule has 0 bridgehead atoms. The predicted octanol–water partition coefficient (Wildman–Crippen LogP) is 1.02. The molecule has 1 rings (SSSR count). The molecule has 0 fully saturated rings. The van der Waals surface area contributed by atoms with Gasteiger partial charge >= 0.3 is 11.9 Å². The van der Waals surface area contributed by atoms with Crippen LogP contribution in [0.5, 0.6) is 0 Å². The van der Waals surface area contributed by atoms with Gasteiger partial charge in [0.05, 0.1) is 11.3 Å². The lowest BCUT2D eigenvalue weighted by atomic mass is 10.2. The van der Waals surface area contributed by atoms with E-state index >= 15 is 0 Å². The fourth-order valence-corrected chi connectivity index (χ4v) is 2.23. The van der Waals surface area contributed by atoms with E-state index in [1.165, 1.54) is 11.3 Å². The molecule has 0 unspecified atom stereocenters. The van der Waals surface area contributed by atoms with E-state index in [0.29, 0.717) is 4.88 Å². The summed E-state index contributed by atoms with van der Waals surface area (Å²) in [4.78, 5) is 34.4. The Labute approximate surface area is 107 Å². The van der Waals surface area contributed by atoms with Crippen molar-refractivity contribution < 1.29 is 24.6 Å². The Morgan fingerprint density at radius 2 is 1.94 bits per heavy atom. The van der Waals surface area contributed by atoms with Crippen molar-refractivity contribution >= 4 is 29.2 Å². The SMILES string of the molecule is Cc1cc(C(=O)N[C@@H](CC(=O)O)C(=O)O)sc1C. The number of carboxylic acid groups (broad SMARTS) is 2. The molecule has 0 aliphatic rings. The van der Waals surface area contributed by atoms with Gasteiger partial charge < -0.3 is 15.5 Å². The van der Waals surface area contributed by atoms with Gasteiger partial charge in [0.25, 0.3) is 5.91 Å². The largest absolute Gasteiger partial charge is 0.481 e. The molecule has 1 atom stereocenters. The Morgan fingerprint density at radius 3 is 2.33 bits per heavy atom. The van der Waals surface area contributed by atoms with E-state index in [4.69, 9.17) is 10.2 Å². The number of hydrogen-bond donors (Lipinski definition) is 3. The van der Waals surface area contributed by atoms with Gasteiger partial charge in [0, 0.05) is 4.88 Å². The number of carbonyl (C=O) groups excluding carboxylic acids is 1. The molecule has 1 aromatic rings. The molecule has 0 radical (unpaired) electrons. The van der Waals surface area contributed by atoms with Gasteiger partial charge in [-0.3, -0.25) is 9.59 Å². The van der Waals surface area contributed by atoms with Crippen molar-refractivity contribution in [2.75, 3.05) is 0 Å². The minimum atomic E-state index is -1.42. The second kappa shape index (κ2) is 5.63. The standard InChI is InChI=1S/C11H13NO5S/c1-5-3-8(18-6(5)2)10(15)12-7(11(16)17)4-9(13)14/h3,7H,4H2,1-2H3,(H,12,15)(H,13,14)(H,16,17)/t7-/m0/s1. The van der Waals surface area contributed by atoms with Gasteiger partial charge in [-0.2, -0.15) is 0 Å². The molecule has 7 heteroatoms. The minimum Gasteiger partial charge on any atom is -0.481 e. The molecule has 1 heterocycles. The Bertz CT molecular complexity index is 474. The summed E-state index contributed by atoms with van der Waals surface area (Å²) in [6.45, 7) is 3.69. The van der Waals surface area contributed by atoms with E-state index < -0.39 is 30.3 Å². The summed E-state index contributed by atoms with van der Waals surface area (Å²) in [6, 6.07) is 0.229. The van der Waals surface area contributed by atoms with Crippen LogP contribution < -0.4 is 5.32 Å². The normalized spacial score (nSPS) is 11.9. The molecule has 1 amide bonds. The first-order valence-electron chi connectivity index (χ1n) is 5.13. The number of carboxylic acids is 2. The zero-order valence-electron chi connectivity index (χ0n) is 9.89. The molecular weight excluding hydrogens is 258 g/mol. The first-order valence-corrected chi connectivity index (χ1v) is 5.95. The number of nitrogens with one attached hydrogen (secondary N) is 1. The first kappa shape index (κ1) is 14.2. The van der Waals surface area contributed by atoms with Gasteiger partial charge in [-0.15, -0.1) is 11.3 Å². The van der Waals surface area contributed by atoms with E-state index in [9.17, 15) is 14.4 Å². The highest BCUT2D eigenvalue weighted by Gasteiger charge is 2.24. The van der Waals surface area contributed by atoms with Gasteiger partial charge in [0.15, 0.2) is 0 Å². The van der Waals surface area contributed by atoms with E-state index in [0.717, 1.165) is 10.4 Å². The summed E-state index contributed by atoms with van der Waals surface area (Å²) in [5.41, 5.74) is 0.940. The fraction of sp³-hybridized carbons (Fsp3) is 0.364. The van der Waals surface area contributed by atoms with Gasteiger partial charge in [0.2, 0.25) is 0 Å². The smallest absolute Gasteiger partial charge is 0.326 e. The van der Waals surface area contributed by atoms with E-state index in [-0.39, 0.29) is 0 Å². The Balaban J connectivity index is 2.78. The van der Waals surface area contributed by atoms with Crippen LogP contribution in [0.2, 0.25) is 0 Å². The minimum absolute atomic E-state index is 0.377. The average Bonchev–Trinajstić information content (AvgIpc) is 2.57. The summed E-state index contributed by atoms with van der Waals surface area (Å²) in [6.07, 6.45) is -0.648. The fourth-order valence-electron chi connectivity index (χ4n) is 1.29. The monoisotopic (exact) mass is 271 g/mol. The summed E-state index contributed by atoms with van der Waals surface area (Å²) in [5, 5.41) is 19.6. The van der Waals surface area contributed by atoms with E-state index in [1.807, 2.05) is 13.8 Å². The van der Waals surface area contributed by atoms with E-state index in [2.05, 4.69) is 5.32 Å². The average molecular weight is 271 g/mol. The van der Waals surface area contributed by atoms with Crippen LogP contribution in [0.25, 0.3) is 0 Å². The molecular formula is C11H13NO5S. The Hall–Kier alpha value is -1.89. The summed E-state index contributed by atoms with van der Waals surface area (Å²) < 4.78 is 0. The van der Waals surface area contributed by atoms with Gasteiger partial charge in [-0.05, 0) is 25.5 Å². The maximum Gasteiger partial charge on any atom is 0.326 e. The third kappa shape index (κ3) is 3.56. The molecule has 0 spiro atoms. The molecule has 0 aliphatic carbocycles. The highest BCUT2D eigenvalue weighted by Crippen LogP contribution is 2.20. The Morgan fingerprint density at radius 1 is 1.33 bits per heavy atom. The third-order valence-electron chi connectivity index (χ3n) is 2.37. The highest BCUT2D eigenvalue weighted by atomic mass is 32.1. The second-order valence-electron chi connectivity index (χ2n) is 3.81. The number of rotatable bonds is 5. The molecule has 0 aliphatic heterocycles. The summed E-state index contributed by atoms with van der Waals surface area (Å²) >= 11 is 1.24. The van der Waals surface area contributed by atoms with Crippen molar-refractivity contribution in [1.82, 2.24) is 5.32 Å². The van der Waals surface area contributed by atoms with Gasteiger partial charge in [-0.1, -0.05) is 0 Å². The number of aryl methyl sites for hydroxylation is 2. The van der Waals surface area contributed by atoms with E-state index in [1.54, 1.807) is 6.07 Å². The third-order valence-corrected chi connectivity index (χ3v) is 3.52. The lowest BCUT2D eigenvalue weighted by Crippen LogP contribution is -2.41. The van der Waals surface area contributed by atoms with Crippen molar-refractivity contribution in [2.24, 2.45) is 0 Å². The lowest BCUT2D eigenvalue weighted by Gasteiger charge is -2.11. The van der Waals surface area contributed by atoms with Crippen molar-refractivity contribution in [3.8, 4) is 0 Å². The number of carbonyl (C=O) groups is 3. The van der Waals surface area contributed by atoms with Crippen LogP contribution in [0.4, 0.5) is 0 Å². The predicted molar refractivity (Wildman–Crippen MR) is 64.9 cm³/mol. The first-order chi connectivity index (χ1) is 8.31. The topological polar surface area (TPSA) is 104 Å². The van der Waals surface area contributed by atoms with Gasteiger partial charge in [0.1, 0.15) is 6.04 Å². The molecule has 0 saturated heterocycles. The van der Waals surface area contributed by atoms with Crippen LogP contribution in [0, 0.1) is 13.8 Å². The van der Waals surface area contributed by atoms with Crippen molar-refractivity contribution in [3.63, 3.8) is 0 Å². The Kier molecular flexibility index (Phi) is 4.43. The van der Waals surface area contributed by atoms with Crippen LogP contribution in [-0.4, -0.2) is 34.1 Å². The van der Waals surface area contributed by atoms with Crippen molar-refractivity contribution in [3.05, 3.63) is 21.4 Å². The van der Waals surface area contributed by atoms with Crippen LogP contribution in [-0.2, 0) is 9.59 Å². The van der Waals surface area contributed by atoms with Crippen molar-refractivity contribution in [2.45, 2.75) is 26.3 Å². The molecule has 18 heavy (non-hydrogen) atoms. The number of aliphatic carboxylic acids is 2. The number of hydrogen-bond acceptors (Lipinski definition) is 4. The number of amides is 1. The molecule has 0 saturated carbocycles. The molecule has 1 aromatic heterocycles. The van der Waals surface area contributed by atoms with Crippen LogP contribution >= 0.6 is 11.3 Å². The zero-order chi connectivity index (χ0) is 13.9. The van der Waals surface area contributed by atoms with Crippen molar-refractivity contribution in [1.29, 1.82) is 0 Å². The molecule has 0 aromatic carbocycles. The number of thiophene rings is 1. The molecule has 6 nitrogen and oxygen atoms in total. The molecule has 98 valence electrons.